The number of nitrogens with zero attached hydrogens (tertiary/aromatic N) is 2. The first-order valence-electron chi connectivity index (χ1n) is 6.73. The van der Waals surface area contributed by atoms with E-state index in [1.54, 1.807) is 13.3 Å². The van der Waals surface area contributed by atoms with Crippen molar-refractivity contribution in [1.82, 2.24) is 9.55 Å². The van der Waals surface area contributed by atoms with E-state index in [0.717, 1.165) is 36.1 Å². The average molecular weight is 294 g/mol. The van der Waals surface area contributed by atoms with Crippen molar-refractivity contribution >= 4 is 17.5 Å². The summed E-state index contributed by atoms with van der Waals surface area (Å²) in [5, 5.41) is 4.17. The smallest absolute Gasteiger partial charge is 0.203 e. The number of aryl methyl sites for hydroxylation is 1. The number of imidazole rings is 1. The maximum atomic E-state index is 6.22. The summed E-state index contributed by atoms with van der Waals surface area (Å²) in [4.78, 5) is 4.36. The predicted molar refractivity (Wildman–Crippen MR) is 82.2 cm³/mol. The Hall–Kier alpha value is -1.52. The molecule has 0 fully saturated rings. The molecule has 2 aromatic rings. The summed E-state index contributed by atoms with van der Waals surface area (Å²) in [6.45, 7) is 3.71. The fourth-order valence-corrected chi connectivity index (χ4v) is 2.41. The summed E-state index contributed by atoms with van der Waals surface area (Å²) in [7, 11) is 1.71. The van der Waals surface area contributed by atoms with Gasteiger partial charge in [0.15, 0.2) is 0 Å². The van der Waals surface area contributed by atoms with Crippen LogP contribution in [0.5, 0.6) is 0 Å². The van der Waals surface area contributed by atoms with Crippen molar-refractivity contribution in [3.63, 3.8) is 0 Å². The van der Waals surface area contributed by atoms with Crippen molar-refractivity contribution in [2.45, 2.75) is 25.9 Å². The van der Waals surface area contributed by atoms with Crippen LogP contribution in [0.4, 0.5) is 5.95 Å². The van der Waals surface area contributed by atoms with Gasteiger partial charge in [0, 0.05) is 37.7 Å². The molecular formula is C15H20ClN3O. The van der Waals surface area contributed by atoms with Crippen molar-refractivity contribution in [3.05, 3.63) is 47.2 Å². The van der Waals surface area contributed by atoms with Crippen LogP contribution in [-0.2, 0) is 11.3 Å². The minimum absolute atomic E-state index is 0.104. The van der Waals surface area contributed by atoms with Gasteiger partial charge in [0.1, 0.15) is 0 Å². The average Bonchev–Trinajstić information content (AvgIpc) is 2.87. The molecule has 0 aliphatic rings. The van der Waals surface area contributed by atoms with Crippen molar-refractivity contribution in [2.75, 3.05) is 19.0 Å². The van der Waals surface area contributed by atoms with Crippen molar-refractivity contribution in [3.8, 4) is 0 Å². The fourth-order valence-electron chi connectivity index (χ4n) is 2.11. The SMILES string of the molecule is COCCCn1ccnc1NC(C)c1ccccc1Cl. The zero-order valence-electron chi connectivity index (χ0n) is 11.8. The molecule has 1 heterocycles. The molecule has 5 heteroatoms. The third kappa shape index (κ3) is 3.74. The third-order valence-corrected chi connectivity index (χ3v) is 3.52. The standard InChI is InChI=1S/C15H20ClN3O/c1-12(13-6-3-4-7-14(13)16)18-15-17-8-10-19(15)9-5-11-20-2/h3-4,6-8,10,12H,5,9,11H2,1-2H3,(H,17,18). The van der Waals surface area contributed by atoms with Crippen LogP contribution in [-0.4, -0.2) is 23.3 Å². The van der Waals surface area contributed by atoms with Gasteiger partial charge in [0.25, 0.3) is 0 Å². The predicted octanol–water partition coefficient (Wildman–Crippen LogP) is 3.75. The Balaban J connectivity index is 2.03. The monoisotopic (exact) mass is 293 g/mol. The molecule has 0 aliphatic heterocycles. The Morgan fingerprint density at radius 2 is 2.20 bits per heavy atom. The second-order valence-electron chi connectivity index (χ2n) is 4.68. The highest BCUT2D eigenvalue weighted by Gasteiger charge is 2.11. The molecule has 1 atom stereocenters. The van der Waals surface area contributed by atoms with Crippen molar-refractivity contribution < 1.29 is 4.74 Å². The van der Waals surface area contributed by atoms with Gasteiger partial charge in [-0.15, -0.1) is 0 Å². The Kier molecular flexibility index (Phi) is 5.44. The highest BCUT2D eigenvalue weighted by Crippen LogP contribution is 2.25. The molecule has 0 saturated heterocycles. The zero-order chi connectivity index (χ0) is 14.4. The second-order valence-corrected chi connectivity index (χ2v) is 5.09. The molecule has 2 rings (SSSR count). The van der Waals surface area contributed by atoms with Crippen LogP contribution in [0.2, 0.25) is 5.02 Å². The maximum Gasteiger partial charge on any atom is 0.203 e. The van der Waals surface area contributed by atoms with E-state index in [9.17, 15) is 0 Å². The molecule has 4 nitrogen and oxygen atoms in total. The third-order valence-electron chi connectivity index (χ3n) is 3.18. The topological polar surface area (TPSA) is 39.1 Å². The number of nitrogens with one attached hydrogen (secondary N) is 1. The normalized spacial score (nSPS) is 12.3. The number of benzene rings is 1. The quantitative estimate of drug-likeness (QED) is 0.790. The number of hydrogen-bond acceptors (Lipinski definition) is 3. The minimum atomic E-state index is 0.104. The molecule has 0 aliphatic carbocycles. The number of aromatic nitrogens is 2. The summed E-state index contributed by atoms with van der Waals surface area (Å²) in [5.41, 5.74) is 1.07. The lowest BCUT2D eigenvalue weighted by Crippen LogP contribution is -2.12. The largest absolute Gasteiger partial charge is 0.385 e. The molecular weight excluding hydrogens is 274 g/mol. The van der Waals surface area contributed by atoms with Gasteiger partial charge in [-0.3, -0.25) is 0 Å². The number of rotatable bonds is 7. The van der Waals surface area contributed by atoms with Crippen LogP contribution in [0.25, 0.3) is 0 Å². The van der Waals surface area contributed by atoms with E-state index in [0.29, 0.717) is 0 Å². The fraction of sp³-hybridized carbons (Fsp3) is 0.400. The highest BCUT2D eigenvalue weighted by atomic mass is 35.5. The minimum Gasteiger partial charge on any atom is -0.385 e. The first kappa shape index (κ1) is 14.9. The molecule has 20 heavy (non-hydrogen) atoms. The van der Waals surface area contributed by atoms with Gasteiger partial charge in [0.2, 0.25) is 5.95 Å². The molecule has 0 bridgehead atoms. The van der Waals surface area contributed by atoms with E-state index in [-0.39, 0.29) is 6.04 Å². The van der Waals surface area contributed by atoms with Gasteiger partial charge >= 0.3 is 0 Å². The number of anilines is 1. The molecule has 0 amide bonds. The number of methoxy groups -OCH3 is 1. The molecule has 1 aromatic carbocycles. The molecule has 108 valence electrons. The molecule has 0 saturated carbocycles. The Morgan fingerprint density at radius 3 is 2.95 bits per heavy atom. The summed E-state index contributed by atoms with van der Waals surface area (Å²) < 4.78 is 7.16. The van der Waals surface area contributed by atoms with Gasteiger partial charge < -0.3 is 14.6 Å². The van der Waals surface area contributed by atoms with E-state index in [1.165, 1.54) is 0 Å². The lowest BCUT2D eigenvalue weighted by Gasteiger charge is -2.17. The molecule has 1 aromatic heterocycles. The molecule has 1 unspecified atom stereocenters. The van der Waals surface area contributed by atoms with Crippen LogP contribution < -0.4 is 5.32 Å². The van der Waals surface area contributed by atoms with E-state index < -0.39 is 0 Å². The first-order valence-corrected chi connectivity index (χ1v) is 7.11. The summed E-state index contributed by atoms with van der Waals surface area (Å²) in [6, 6.07) is 7.96. The summed E-state index contributed by atoms with van der Waals surface area (Å²) >= 11 is 6.22. The van der Waals surface area contributed by atoms with Crippen molar-refractivity contribution in [2.24, 2.45) is 0 Å². The lowest BCUT2D eigenvalue weighted by molar-refractivity contribution is 0.190. The van der Waals surface area contributed by atoms with E-state index in [2.05, 4.69) is 21.8 Å². The zero-order valence-corrected chi connectivity index (χ0v) is 12.6. The van der Waals surface area contributed by atoms with Crippen molar-refractivity contribution in [1.29, 1.82) is 0 Å². The van der Waals surface area contributed by atoms with E-state index in [4.69, 9.17) is 16.3 Å². The van der Waals surface area contributed by atoms with Crippen LogP contribution in [0.3, 0.4) is 0 Å². The van der Waals surface area contributed by atoms with Gasteiger partial charge in [-0.05, 0) is 25.0 Å². The summed E-state index contributed by atoms with van der Waals surface area (Å²) in [6.07, 6.45) is 4.73. The van der Waals surface area contributed by atoms with Crippen LogP contribution in [0, 0.1) is 0 Å². The van der Waals surface area contributed by atoms with Gasteiger partial charge in [-0.2, -0.15) is 0 Å². The maximum absolute atomic E-state index is 6.22. The Morgan fingerprint density at radius 1 is 1.40 bits per heavy atom. The molecule has 1 N–H and O–H groups in total. The molecule has 0 spiro atoms. The lowest BCUT2D eigenvalue weighted by atomic mass is 10.1. The van der Waals surface area contributed by atoms with Crippen LogP contribution in [0.15, 0.2) is 36.7 Å². The van der Waals surface area contributed by atoms with Gasteiger partial charge in [0.05, 0.1) is 6.04 Å². The van der Waals surface area contributed by atoms with Crippen LogP contribution in [0.1, 0.15) is 24.9 Å². The first-order chi connectivity index (χ1) is 9.72. The van der Waals surface area contributed by atoms with Gasteiger partial charge in [-0.1, -0.05) is 29.8 Å². The Labute approximate surface area is 124 Å². The summed E-state index contributed by atoms with van der Waals surface area (Å²) in [5.74, 6) is 0.855. The number of hydrogen-bond donors (Lipinski definition) is 1. The van der Waals surface area contributed by atoms with E-state index in [1.807, 2.05) is 30.5 Å². The van der Waals surface area contributed by atoms with Crippen LogP contribution >= 0.6 is 11.6 Å². The number of ether oxygens (including phenoxy) is 1. The highest BCUT2D eigenvalue weighted by molar-refractivity contribution is 6.31. The second kappa shape index (κ2) is 7.31. The Bertz CT molecular complexity index is 541. The van der Waals surface area contributed by atoms with Gasteiger partial charge in [-0.25, -0.2) is 4.98 Å². The van der Waals surface area contributed by atoms with E-state index >= 15 is 0 Å². The number of halogens is 1. The molecule has 0 radical (unpaired) electrons.